The predicted molar refractivity (Wildman–Crippen MR) is 255 cm³/mol. The largest absolute Gasteiger partial charge is 0.369 e. The molecule has 0 radical (unpaired) electrons. The standard InChI is InChI=1S/C54H107NO/c1-4-7-10-13-16-19-22-25-28-30-33-36-39-42-45-48-51-54(53(55)56,50-47-44-41-38-35-32-27-24-21-18-15-12-9-6-3)52-49-46-43-40-37-34-31-29-26-23-20-17-14-11-8-5-2/h27,32H,4-26,28-31,33-52H2,1-3H3,(H2,55,56). The maximum absolute atomic E-state index is 13.2. The summed E-state index contributed by atoms with van der Waals surface area (Å²) < 4.78 is 0. The first-order chi connectivity index (χ1) is 27.6. The van der Waals surface area contributed by atoms with Crippen LogP contribution in [0.25, 0.3) is 0 Å². The fourth-order valence-corrected chi connectivity index (χ4v) is 9.12. The van der Waals surface area contributed by atoms with E-state index >= 15 is 0 Å². The van der Waals surface area contributed by atoms with Gasteiger partial charge in [0, 0.05) is 5.41 Å². The van der Waals surface area contributed by atoms with Crippen LogP contribution in [0.4, 0.5) is 0 Å². The minimum atomic E-state index is -0.261. The minimum absolute atomic E-state index is 0.0112. The van der Waals surface area contributed by atoms with Crippen molar-refractivity contribution in [3.63, 3.8) is 0 Å². The van der Waals surface area contributed by atoms with Gasteiger partial charge in [-0.25, -0.2) is 0 Å². The Balaban J connectivity index is 4.36. The highest BCUT2D eigenvalue weighted by molar-refractivity contribution is 5.80. The molecule has 2 heteroatoms. The topological polar surface area (TPSA) is 43.1 Å². The molecule has 0 spiro atoms. The molecule has 0 saturated carbocycles. The maximum atomic E-state index is 13.2. The number of primary amides is 1. The molecule has 56 heavy (non-hydrogen) atoms. The molecule has 0 bridgehead atoms. The molecule has 0 aliphatic heterocycles. The Morgan fingerprint density at radius 2 is 0.482 bits per heavy atom. The number of hydrogen-bond acceptors (Lipinski definition) is 1. The fraction of sp³-hybridized carbons (Fsp3) is 0.944. The van der Waals surface area contributed by atoms with E-state index in [0.717, 1.165) is 19.3 Å². The van der Waals surface area contributed by atoms with Crippen molar-refractivity contribution in [2.24, 2.45) is 11.1 Å². The van der Waals surface area contributed by atoms with Crippen molar-refractivity contribution in [2.45, 2.75) is 323 Å². The molecule has 1 amide bonds. The van der Waals surface area contributed by atoms with Gasteiger partial charge in [0.05, 0.1) is 0 Å². The lowest BCUT2D eigenvalue weighted by molar-refractivity contribution is -0.129. The number of hydrogen-bond donors (Lipinski definition) is 1. The third-order valence-electron chi connectivity index (χ3n) is 13.2. The quantitative estimate of drug-likeness (QED) is 0.0484. The second-order valence-corrected chi connectivity index (χ2v) is 18.7. The third-order valence-corrected chi connectivity index (χ3v) is 13.2. The van der Waals surface area contributed by atoms with Gasteiger partial charge in [0.1, 0.15) is 0 Å². The van der Waals surface area contributed by atoms with Crippen LogP contribution >= 0.6 is 0 Å². The SMILES string of the molecule is CCCCCCCCC=CCCCCCCC(CCCCCCCCCCCCCCCCCC)(CCCCCCCCCCCCCCCCCC)C(N)=O. The third kappa shape index (κ3) is 40.0. The zero-order valence-electron chi connectivity index (χ0n) is 39.4. The first kappa shape index (κ1) is 55.2. The van der Waals surface area contributed by atoms with E-state index in [1.165, 1.54) is 283 Å². The van der Waals surface area contributed by atoms with Crippen molar-refractivity contribution in [3.05, 3.63) is 12.2 Å². The van der Waals surface area contributed by atoms with Gasteiger partial charge in [0.2, 0.25) is 5.91 Å². The van der Waals surface area contributed by atoms with Crippen molar-refractivity contribution in [1.29, 1.82) is 0 Å². The number of carbonyl (C=O) groups excluding carboxylic acids is 1. The Morgan fingerprint density at radius 1 is 0.304 bits per heavy atom. The molecule has 0 unspecified atom stereocenters. The van der Waals surface area contributed by atoms with Crippen LogP contribution in [0.2, 0.25) is 0 Å². The average Bonchev–Trinajstić information content (AvgIpc) is 3.20. The maximum Gasteiger partial charge on any atom is 0.223 e. The van der Waals surface area contributed by atoms with E-state index in [-0.39, 0.29) is 11.3 Å². The average molecular weight is 786 g/mol. The van der Waals surface area contributed by atoms with Crippen molar-refractivity contribution < 1.29 is 4.79 Å². The summed E-state index contributed by atoms with van der Waals surface area (Å²) in [6.45, 7) is 6.90. The van der Waals surface area contributed by atoms with Crippen molar-refractivity contribution >= 4 is 5.91 Å². The van der Waals surface area contributed by atoms with E-state index in [1.54, 1.807) is 0 Å². The molecule has 0 fully saturated rings. The second kappa shape index (κ2) is 46.9. The Morgan fingerprint density at radius 3 is 0.679 bits per heavy atom. The lowest BCUT2D eigenvalue weighted by Crippen LogP contribution is -2.37. The molecule has 0 aliphatic rings. The summed E-state index contributed by atoms with van der Waals surface area (Å²) in [5, 5.41) is 0. The van der Waals surface area contributed by atoms with Gasteiger partial charge in [-0.3, -0.25) is 4.79 Å². The molecule has 0 aromatic carbocycles. The van der Waals surface area contributed by atoms with Gasteiger partial charge in [-0.05, 0) is 44.9 Å². The van der Waals surface area contributed by atoms with Crippen LogP contribution in [0, 0.1) is 5.41 Å². The second-order valence-electron chi connectivity index (χ2n) is 18.7. The van der Waals surface area contributed by atoms with Crippen LogP contribution < -0.4 is 5.73 Å². The smallest absolute Gasteiger partial charge is 0.223 e. The molecule has 0 aliphatic carbocycles. The number of rotatable bonds is 49. The van der Waals surface area contributed by atoms with Gasteiger partial charge < -0.3 is 5.73 Å². The van der Waals surface area contributed by atoms with Crippen LogP contribution in [-0.2, 0) is 4.79 Å². The summed E-state index contributed by atoms with van der Waals surface area (Å²) in [7, 11) is 0. The zero-order valence-corrected chi connectivity index (χ0v) is 39.4. The molecule has 0 rings (SSSR count). The van der Waals surface area contributed by atoms with Gasteiger partial charge in [0.15, 0.2) is 0 Å². The first-order valence-corrected chi connectivity index (χ1v) is 26.6. The Labute approximate surface area is 355 Å². The highest BCUT2D eigenvalue weighted by atomic mass is 16.1. The Bertz CT molecular complexity index is 736. The zero-order chi connectivity index (χ0) is 40.7. The van der Waals surface area contributed by atoms with Crippen LogP contribution in [0.1, 0.15) is 323 Å². The van der Waals surface area contributed by atoms with E-state index < -0.39 is 0 Å². The van der Waals surface area contributed by atoms with Crippen LogP contribution in [0.3, 0.4) is 0 Å². The number of unbranched alkanes of at least 4 members (excludes halogenated alkanes) is 40. The van der Waals surface area contributed by atoms with Gasteiger partial charge in [0.25, 0.3) is 0 Å². The van der Waals surface area contributed by atoms with Gasteiger partial charge in [-0.1, -0.05) is 290 Å². The van der Waals surface area contributed by atoms with E-state index in [4.69, 9.17) is 5.73 Å². The molecular weight excluding hydrogens is 679 g/mol. The van der Waals surface area contributed by atoms with E-state index in [1.807, 2.05) is 0 Å². The number of carbonyl (C=O) groups is 1. The summed E-state index contributed by atoms with van der Waals surface area (Å²) >= 11 is 0. The first-order valence-electron chi connectivity index (χ1n) is 26.6. The van der Waals surface area contributed by atoms with Crippen molar-refractivity contribution in [1.82, 2.24) is 0 Å². The van der Waals surface area contributed by atoms with Crippen LogP contribution in [-0.4, -0.2) is 5.91 Å². The summed E-state index contributed by atoms with van der Waals surface area (Å²) in [5.74, 6) is 0.0112. The van der Waals surface area contributed by atoms with Crippen molar-refractivity contribution in [2.75, 3.05) is 0 Å². The Hall–Kier alpha value is -0.790. The predicted octanol–water partition coefficient (Wildman–Crippen LogP) is 19.4. The summed E-state index contributed by atoms with van der Waals surface area (Å²) in [5.41, 5.74) is 6.05. The van der Waals surface area contributed by atoms with Crippen LogP contribution in [0.15, 0.2) is 12.2 Å². The van der Waals surface area contributed by atoms with E-state index in [2.05, 4.69) is 32.9 Å². The molecule has 0 aromatic rings. The van der Waals surface area contributed by atoms with Gasteiger partial charge in [-0.2, -0.15) is 0 Å². The number of allylic oxidation sites excluding steroid dienone is 2. The molecular formula is C54H107NO. The van der Waals surface area contributed by atoms with Gasteiger partial charge >= 0.3 is 0 Å². The lowest BCUT2D eigenvalue weighted by atomic mass is 9.73. The summed E-state index contributed by atoms with van der Waals surface area (Å²) in [6, 6.07) is 0. The number of amides is 1. The van der Waals surface area contributed by atoms with Gasteiger partial charge in [-0.15, -0.1) is 0 Å². The fourth-order valence-electron chi connectivity index (χ4n) is 9.12. The minimum Gasteiger partial charge on any atom is -0.369 e. The molecule has 0 aromatic heterocycles. The molecule has 2 N–H and O–H groups in total. The summed E-state index contributed by atoms with van der Waals surface area (Å²) in [4.78, 5) is 13.2. The monoisotopic (exact) mass is 786 g/mol. The lowest BCUT2D eigenvalue weighted by Gasteiger charge is -2.31. The highest BCUT2D eigenvalue weighted by Gasteiger charge is 2.34. The summed E-state index contributed by atoms with van der Waals surface area (Å²) in [6.07, 6.45) is 68.3. The van der Waals surface area contributed by atoms with Crippen LogP contribution in [0.5, 0.6) is 0 Å². The molecule has 0 saturated heterocycles. The molecule has 0 heterocycles. The normalized spacial score (nSPS) is 12.1. The molecule has 2 nitrogen and oxygen atoms in total. The number of nitrogens with two attached hydrogens (primary N) is 1. The molecule has 334 valence electrons. The highest BCUT2D eigenvalue weighted by Crippen LogP contribution is 2.37. The van der Waals surface area contributed by atoms with E-state index in [9.17, 15) is 4.79 Å². The van der Waals surface area contributed by atoms with Crippen molar-refractivity contribution in [3.8, 4) is 0 Å². The molecule has 0 atom stereocenters. The Kier molecular flexibility index (Phi) is 46.2. The van der Waals surface area contributed by atoms with E-state index in [0.29, 0.717) is 0 Å².